The number of aromatic nitrogens is 3. The fourth-order valence-corrected chi connectivity index (χ4v) is 10.3. The molecule has 0 radical (unpaired) electrons. The topological polar surface area (TPSA) is 38.7 Å². The van der Waals surface area contributed by atoms with Gasteiger partial charge in [0, 0.05) is 62.6 Å². The lowest BCUT2D eigenvalue weighted by atomic mass is 9.92. The molecule has 56 heavy (non-hydrogen) atoms. The van der Waals surface area contributed by atoms with Crippen LogP contribution in [0.15, 0.2) is 188 Å². The smallest absolute Gasteiger partial charge is 0.164 e. The van der Waals surface area contributed by atoms with Crippen molar-refractivity contribution in [2.24, 2.45) is 0 Å². The van der Waals surface area contributed by atoms with Crippen molar-refractivity contribution in [1.29, 1.82) is 0 Å². The highest BCUT2D eigenvalue weighted by Gasteiger charge is 2.20. The van der Waals surface area contributed by atoms with Crippen molar-refractivity contribution in [1.82, 2.24) is 15.0 Å². The van der Waals surface area contributed by atoms with Crippen LogP contribution in [0.25, 0.3) is 108 Å². The Bertz CT molecular complexity index is 3240. The van der Waals surface area contributed by atoms with Crippen molar-refractivity contribution in [3.63, 3.8) is 0 Å². The molecular weight excluding hydrogens is 719 g/mol. The summed E-state index contributed by atoms with van der Waals surface area (Å²) >= 11 is 3.68. The third-order valence-electron chi connectivity index (χ3n) is 10.6. The van der Waals surface area contributed by atoms with Crippen molar-refractivity contribution in [3.05, 3.63) is 188 Å². The minimum atomic E-state index is 0.635. The largest absolute Gasteiger partial charge is 0.208 e. The Morgan fingerprint density at radius 2 is 0.804 bits per heavy atom. The SMILES string of the molecule is c1ccc(-c2ccc(-c3nc(-c4ccccc4)nc(-c4cc(-c5cccc6sc7ccccc7c56)ccc4-c4cccc5c4sc4ccccc45)n3)cc2)cc1. The number of nitrogens with zero attached hydrogens (tertiary/aromatic N) is 3. The average Bonchev–Trinajstić information content (AvgIpc) is 3.86. The molecule has 0 aliphatic carbocycles. The summed E-state index contributed by atoms with van der Waals surface area (Å²) in [4.78, 5) is 15.7. The molecule has 3 nitrogen and oxygen atoms in total. The Labute approximate surface area is 331 Å². The second kappa shape index (κ2) is 13.5. The molecule has 0 N–H and O–H groups in total. The Morgan fingerprint density at radius 3 is 1.57 bits per heavy atom. The van der Waals surface area contributed by atoms with Crippen LogP contribution in [0.1, 0.15) is 0 Å². The normalized spacial score (nSPS) is 11.6. The highest BCUT2D eigenvalue weighted by atomic mass is 32.1. The molecule has 0 amide bonds. The highest BCUT2D eigenvalue weighted by molar-refractivity contribution is 7.26. The van der Waals surface area contributed by atoms with Gasteiger partial charge in [-0.15, -0.1) is 22.7 Å². The summed E-state index contributed by atoms with van der Waals surface area (Å²) in [5.41, 5.74) is 9.73. The second-order valence-electron chi connectivity index (χ2n) is 13.9. The number of hydrogen-bond acceptors (Lipinski definition) is 5. The van der Waals surface area contributed by atoms with E-state index >= 15 is 0 Å². The lowest BCUT2D eigenvalue weighted by Gasteiger charge is -2.15. The van der Waals surface area contributed by atoms with Crippen LogP contribution in [0.2, 0.25) is 0 Å². The maximum absolute atomic E-state index is 5.33. The maximum atomic E-state index is 5.33. The molecule has 0 aliphatic heterocycles. The quantitative estimate of drug-likeness (QED) is 0.170. The van der Waals surface area contributed by atoms with E-state index in [1.54, 1.807) is 0 Å². The highest BCUT2D eigenvalue weighted by Crippen LogP contribution is 2.45. The van der Waals surface area contributed by atoms with Crippen molar-refractivity contribution >= 4 is 63.0 Å². The summed E-state index contributed by atoms with van der Waals surface area (Å²) < 4.78 is 5.09. The standard InChI is InChI=1S/C51H31N3S2/c1-3-13-32(14-4-1)33-25-27-35(28-26-33)50-52-49(34-15-5-2-6-16-34)53-51(54-50)43-31-36(37-19-12-24-46-47(37)42-18-8-10-23-45(42)55-46)29-30-38(43)40-20-11-21-41-39-17-7-9-22-44(39)56-48(40)41/h1-31H. The summed E-state index contributed by atoms with van der Waals surface area (Å²) in [6, 6.07) is 66.8. The predicted octanol–water partition coefficient (Wildman–Crippen LogP) is 14.6. The molecule has 0 unspecified atom stereocenters. The average molecular weight is 750 g/mol. The number of hydrogen-bond donors (Lipinski definition) is 0. The molecule has 262 valence electrons. The molecule has 0 spiro atoms. The van der Waals surface area contributed by atoms with Crippen LogP contribution in [-0.4, -0.2) is 15.0 Å². The van der Waals surface area contributed by atoms with Gasteiger partial charge in [-0.1, -0.05) is 164 Å². The summed E-state index contributed by atoms with van der Waals surface area (Å²) in [6.45, 7) is 0. The van der Waals surface area contributed by atoms with Gasteiger partial charge >= 0.3 is 0 Å². The van der Waals surface area contributed by atoms with Gasteiger partial charge in [-0.25, -0.2) is 15.0 Å². The third-order valence-corrected chi connectivity index (χ3v) is 12.9. The maximum Gasteiger partial charge on any atom is 0.164 e. The Morgan fingerprint density at radius 1 is 0.286 bits per heavy atom. The minimum Gasteiger partial charge on any atom is -0.208 e. The zero-order valence-electron chi connectivity index (χ0n) is 30.1. The summed E-state index contributed by atoms with van der Waals surface area (Å²) in [5.74, 6) is 1.91. The molecule has 11 rings (SSSR count). The molecule has 0 saturated carbocycles. The third kappa shape index (κ3) is 5.60. The van der Waals surface area contributed by atoms with Crippen molar-refractivity contribution in [2.75, 3.05) is 0 Å². The van der Waals surface area contributed by atoms with Gasteiger partial charge in [0.2, 0.25) is 0 Å². The van der Waals surface area contributed by atoms with E-state index in [1.807, 2.05) is 46.9 Å². The zero-order valence-corrected chi connectivity index (χ0v) is 31.7. The Kier molecular flexibility index (Phi) is 7.87. The summed E-state index contributed by atoms with van der Waals surface area (Å²) in [7, 11) is 0. The molecule has 0 fully saturated rings. The molecule has 0 bridgehead atoms. The molecule has 3 heterocycles. The van der Waals surface area contributed by atoms with Crippen LogP contribution in [0.3, 0.4) is 0 Å². The van der Waals surface area contributed by atoms with Gasteiger partial charge in [0.25, 0.3) is 0 Å². The van der Waals surface area contributed by atoms with Crippen LogP contribution in [0.4, 0.5) is 0 Å². The van der Waals surface area contributed by atoms with E-state index < -0.39 is 0 Å². The Balaban J connectivity index is 1.17. The Hall–Kier alpha value is -6.79. The van der Waals surface area contributed by atoms with Crippen LogP contribution < -0.4 is 0 Å². The zero-order chi connectivity index (χ0) is 37.0. The predicted molar refractivity (Wildman–Crippen MR) is 238 cm³/mol. The fraction of sp³-hybridized carbons (Fsp3) is 0. The van der Waals surface area contributed by atoms with Crippen molar-refractivity contribution in [3.8, 4) is 67.5 Å². The van der Waals surface area contributed by atoms with E-state index in [0.29, 0.717) is 17.5 Å². The van der Waals surface area contributed by atoms with E-state index in [1.165, 1.54) is 57.0 Å². The van der Waals surface area contributed by atoms with Crippen LogP contribution >= 0.6 is 22.7 Å². The first-order valence-electron chi connectivity index (χ1n) is 18.7. The molecule has 3 aromatic heterocycles. The lowest BCUT2D eigenvalue weighted by molar-refractivity contribution is 1.07. The number of rotatable bonds is 6. The number of benzene rings is 8. The van der Waals surface area contributed by atoms with Gasteiger partial charge < -0.3 is 0 Å². The molecule has 0 saturated heterocycles. The van der Waals surface area contributed by atoms with Gasteiger partial charge in [-0.05, 0) is 52.1 Å². The molecular formula is C51H31N3S2. The number of fused-ring (bicyclic) bond motifs is 6. The first-order chi connectivity index (χ1) is 27.7. The van der Waals surface area contributed by atoms with E-state index in [-0.39, 0.29) is 0 Å². The van der Waals surface area contributed by atoms with E-state index in [2.05, 4.69) is 164 Å². The van der Waals surface area contributed by atoms with Gasteiger partial charge in [-0.3, -0.25) is 0 Å². The molecule has 0 atom stereocenters. The summed E-state index contributed by atoms with van der Waals surface area (Å²) in [6.07, 6.45) is 0. The van der Waals surface area contributed by atoms with Gasteiger partial charge in [0.15, 0.2) is 17.5 Å². The molecule has 5 heteroatoms. The summed E-state index contributed by atoms with van der Waals surface area (Å²) in [5, 5.41) is 5.08. The van der Waals surface area contributed by atoms with Crippen molar-refractivity contribution in [2.45, 2.75) is 0 Å². The molecule has 11 aromatic rings. The van der Waals surface area contributed by atoms with Crippen LogP contribution in [0.5, 0.6) is 0 Å². The van der Waals surface area contributed by atoms with Crippen LogP contribution in [0, 0.1) is 0 Å². The second-order valence-corrected chi connectivity index (χ2v) is 16.1. The van der Waals surface area contributed by atoms with Gasteiger partial charge in [0.05, 0.1) is 0 Å². The first-order valence-corrected chi connectivity index (χ1v) is 20.3. The van der Waals surface area contributed by atoms with E-state index in [4.69, 9.17) is 15.0 Å². The first kappa shape index (κ1) is 32.6. The van der Waals surface area contributed by atoms with Crippen LogP contribution in [-0.2, 0) is 0 Å². The van der Waals surface area contributed by atoms with Crippen molar-refractivity contribution < 1.29 is 0 Å². The van der Waals surface area contributed by atoms with Gasteiger partial charge in [0.1, 0.15) is 0 Å². The van der Waals surface area contributed by atoms with E-state index in [9.17, 15) is 0 Å². The molecule has 0 aliphatic rings. The minimum absolute atomic E-state index is 0.635. The fourth-order valence-electron chi connectivity index (χ4n) is 7.89. The monoisotopic (exact) mass is 749 g/mol. The van der Waals surface area contributed by atoms with Gasteiger partial charge in [-0.2, -0.15) is 0 Å². The lowest BCUT2D eigenvalue weighted by Crippen LogP contribution is -2.01. The number of thiophene rings is 2. The molecule has 8 aromatic carbocycles. The van der Waals surface area contributed by atoms with E-state index in [0.717, 1.165) is 33.4 Å².